The van der Waals surface area contributed by atoms with Crippen molar-refractivity contribution in [1.29, 1.82) is 0 Å². The predicted octanol–water partition coefficient (Wildman–Crippen LogP) is 14.3. The van der Waals surface area contributed by atoms with Crippen LogP contribution in [0, 0.1) is 0 Å². The fourth-order valence-corrected chi connectivity index (χ4v) is 8.89. The molecule has 0 aliphatic heterocycles. The van der Waals surface area contributed by atoms with Crippen LogP contribution in [0.1, 0.15) is 0 Å². The highest BCUT2D eigenvalue weighted by molar-refractivity contribution is 6.12. The third-order valence-corrected chi connectivity index (χ3v) is 11.9. The number of nitrogens with zero attached hydrogens (tertiary/aromatic N) is 4. The summed E-state index contributed by atoms with van der Waals surface area (Å²) in [7, 11) is 0. The SMILES string of the molecule is c1cc(-c2ccc3ccc4ccc(-c5cccc6c5oc5ccccc56)nc4c3n2)cc(-c2ccc3ccc4ccc(-c5cccc6c5oc5ccccc56)nc4c3n2)c1. The van der Waals surface area contributed by atoms with Crippen molar-refractivity contribution in [2.45, 2.75) is 0 Å². The van der Waals surface area contributed by atoms with Crippen molar-refractivity contribution in [3.63, 3.8) is 0 Å². The van der Waals surface area contributed by atoms with Gasteiger partial charge in [-0.2, -0.15) is 0 Å². The summed E-state index contributed by atoms with van der Waals surface area (Å²) in [4.78, 5) is 21.1. The van der Waals surface area contributed by atoms with Crippen LogP contribution in [0.2, 0.25) is 0 Å². The van der Waals surface area contributed by atoms with Gasteiger partial charge in [0.05, 0.1) is 44.8 Å². The minimum absolute atomic E-state index is 0.836. The number of fused-ring (bicyclic) bond motifs is 12. The van der Waals surface area contributed by atoms with Crippen molar-refractivity contribution in [3.8, 4) is 45.0 Å². The predicted molar refractivity (Wildman–Crippen MR) is 244 cm³/mol. The molecule has 0 unspecified atom stereocenters. The maximum absolute atomic E-state index is 6.39. The first-order valence-electron chi connectivity index (χ1n) is 20.0. The summed E-state index contributed by atoms with van der Waals surface area (Å²) in [6, 6.07) is 62.6. The number of benzene rings is 7. The Morgan fingerprint density at radius 3 is 1.08 bits per heavy atom. The Hall–Kier alpha value is -8.22. The van der Waals surface area contributed by atoms with Crippen LogP contribution in [0.3, 0.4) is 0 Å². The summed E-state index contributed by atoms with van der Waals surface area (Å²) in [6.45, 7) is 0. The van der Waals surface area contributed by atoms with E-state index in [4.69, 9.17) is 28.8 Å². The highest BCUT2D eigenvalue weighted by Gasteiger charge is 2.17. The molecule has 6 heteroatoms. The number of aromatic nitrogens is 4. The lowest BCUT2D eigenvalue weighted by atomic mass is 10.0. The smallest absolute Gasteiger partial charge is 0.144 e. The zero-order chi connectivity index (χ0) is 39.3. The van der Waals surface area contributed by atoms with E-state index >= 15 is 0 Å². The first kappa shape index (κ1) is 32.8. The first-order chi connectivity index (χ1) is 29.7. The number of hydrogen-bond acceptors (Lipinski definition) is 6. The Morgan fingerprint density at radius 1 is 0.283 bits per heavy atom. The molecular weight excluding hydrogens is 737 g/mol. The van der Waals surface area contributed by atoms with Gasteiger partial charge in [0.25, 0.3) is 0 Å². The first-order valence-corrected chi connectivity index (χ1v) is 20.0. The summed E-state index contributed by atoms with van der Waals surface area (Å²) >= 11 is 0. The fourth-order valence-electron chi connectivity index (χ4n) is 8.89. The van der Waals surface area contributed by atoms with Crippen LogP contribution in [0.25, 0.3) is 133 Å². The van der Waals surface area contributed by atoms with E-state index in [1.54, 1.807) is 0 Å². The number of rotatable bonds is 4. The summed E-state index contributed by atoms with van der Waals surface area (Å²) in [5, 5.41) is 8.46. The molecule has 0 fully saturated rings. The number of hydrogen-bond donors (Lipinski definition) is 0. The van der Waals surface area contributed by atoms with Crippen LogP contribution in [-0.2, 0) is 0 Å². The maximum atomic E-state index is 6.39. The van der Waals surface area contributed by atoms with Crippen molar-refractivity contribution in [1.82, 2.24) is 19.9 Å². The Labute approximate surface area is 342 Å². The molecule has 13 aromatic rings. The summed E-state index contributed by atoms with van der Waals surface area (Å²) in [5.74, 6) is 0. The molecule has 6 nitrogen and oxygen atoms in total. The van der Waals surface area contributed by atoms with Gasteiger partial charge in [-0.3, -0.25) is 0 Å². The van der Waals surface area contributed by atoms with Crippen LogP contribution >= 0.6 is 0 Å². The van der Waals surface area contributed by atoms with E-state index in [1.165, 1.54) is 0 Å². The van der Waals surface area contributed by atoms with Crippen molar-refractivity contribution < 1.29 is 8.83 Å². The van der Waals surface area contributed by atoms with Gasteiger partial charge in [0, 0.05) is 65.3 Å². The van der Waals surface area contributed by atoms with Gasteiger partial charge in [0.1, 0.15) is 22.3 Å². The average molecular weight is 767 g/mol. The Bertz CT molecular complexity index is 3670. The summed E-state index contributed by atoms with van der Waals surface area (Å²) in [6.07, 6.45) is 0. The largest absolute Gasteiger partial charge is 0.455 e. The molecule has 0 spiro atoms. The summed E-state index contributed by atoms with van der Waals surface area (Å²) in [5.41, 5.74) is 14.1. The second-order valence-electron chi connectivity index (χ2n) is 15.3. The fraction of sp³-hybridized carbons (Fsp3) is 0. The minimum Gasteiger partial charge on any atom is -0.455 e. The van der Waals surface area contributed by atoms with E-state index in [1.807, 2.05) is 36.4 Å². The molecule has 0 saturated heterocycles. The third kappa shape index (κ3) is 5.01. The van der Waals surface area contributed by atoms with Gasteiger partial charge in [0.2, 0.25) is 0 Å². The van der Waals surface area contributed by atoms with E-state index in [9.17, 15) is 0 Å². The van der Waals surface area contributed by atoms with Gasteiger partial charge in [0.15, 0.2) is 0 Å². The van der Waals surface area contributed by atoms with Gasteiger partial charge < -0.3 is 8.83 Å². The van der Waals surface area contributed by atoms with Gasteiger partial charge in [-0.1, -0.05) is 127 Å². The monoisotopic (exact) mass is 766 g/mol. The van der Waals surface area contributed by atoms with E-state index < -0.39 is 0 Å². The molecule has 0 aliphatic carbocycles. The van der Waals surface area contributed by atoms with Crippen LogP contribution in [0.5, 0.6) is 0 Å². The van der Waals surface area contributed by atoms with Gasteiger partial charge >= 0.3 is 0 Å². The lowest BCUT2D eigenvalue weighted by Gasteiger charge is -2.10. The lowest BCUT2D eigenvalue weighted by Crippen LogP contribution is -1.92. The molecule has 0 radical (unpaired) electrons. The Kier molecular flexibility index (Phi) is 6.91. The van der Waals surface area contributed by atoms with E-state index in [2.05, 4.69) is 146 Å². The lowest BCUT2D eigenvalue weighted by molar-refractivity contribution is 0.669. The van der Waals surface area contributed by atoms with Gasteiger partial charge in [-0.05, 0) is 54.6 Å². The standard InChI is InChI=1S/C54H30N4O2/c1-3-16-47-37(10-1)39-12-6-14-41(53(39)59-47)45-28-24-33-20-18-31-22-26-43(55-49(31)51(33)57-45)35-8-5-9-36(30-35)44-27-23-32-19-21-34-25-29-46(58-52(34)50(32)56-44)42-15-7-13-40-38-11-2-4-17-48(38)60-54(40)42/h1-30H. The molecule has 7 aromatic carbocycles. The zero-order valence-corrected chi connectivity index (χ0v) is 31.9. The number of para-hydroxylation sites is 4. The average Bonchev–Trinajstić information content (AvgIpc) is 3.90. The number of furan rings is 2. The molecular formula is C54H30N4O2. The van der Waals surface area contributed by atoms with E-state index in [0.717, 1.165) is 133 Å². The van der Waals surface area contributed by atoms with Crippen molar-refractivity contribution in [2.75, 3.05) is 0 Å². The Morgan fingerprint density at radius 2 is 0.633 bits per heavy atom. The topological polar surface area (TPSA) is 77.8 Å². The molecule has 0 aliphatic rings. The molecule has 0 bridgehead atoms. The Balaban J connectivity index is 0.906. The molecule has 0 saturated carbocycles. The van der Waals surface area contributed by atoms with E-state index in [-0.39, 0.29) is 0 Å². The zero-order valence-electron chi connectivity index (χ0n) is 31.9. The van der Waals surface area contributed by atoms with Crippen LogP contribution in [-0.4, -0.2) is 19.9 Å². The third-order valence-electron chi connectivity index (χ3n) is 11.9. The van der Waals surface area contributed by atoms with Crippen molar-refractivity contribution in [2.24, 2.45) is 0 Å². The summed E-state index contributed by atoms with van der Waals surface area (Å²) < 4.78 is 12.8. The highest BCUT2D eigenvalue weighted by Crippen LogP contribution is 2.39. The molecule has 0 N–H and O–H groups in total. The van der Waals surface area contributed by atoms with Crippen LogP contribution < -0.4 is 0 Å². The molecule has 0 atom stereocenters. The normalized spacial score (nSPS) is 12.0. The molecule has 278 valence electrons. The minimum atomic E-state index is 0.836. The second-order valence-corrected chi connectivity index (χ2v) is 15.3. The van der Waals surface area contributed by atoms with Crippen LogP contribution in [0.15, 0.2) is 191 Å². The maximum Gasteiger partial charge on any atom is 0.144 e. The number of pyridine rings is 4. The molecule has 60 heavy (non-hydrogen) atoms. The molecule has 0 amide bonds. The van der Waals surface area contributed by atoms with Crippen molar-refractivity contribution in [3.05, 3.63) is 182 Å². The van der Waals surface area contributed by atoms with Gasteiger partial charge in [-0.15, -0.1) is 0 Å². The molecule has 6 heterocycles. The molecule has 13 rings (SSSR count). The van der Waals surface area contributed by atoms with Crippen LogP contribution in [0.4, 0.5) is 0 Å². The quantitative estimate of drug-likeness (QED) is 0.166. The van der Waals surface area contributed by atoms with E-state index in [0.29, 0.717) is 0 Å². The highest BCUT2D eigenvalue weighted by atomic mass is 16.3. The molecule has 6 aromatic heterocycles. The van der Waals surface area contributed by atoms with Crippen molar-refractivity contribution >= 4 is 87.5 Å². The second kappa shape index (κ2) is 12.6. The van der Waals surface area contributed by atoms with Gasteiger partial charge in [-0.25, -0.2) is 19.9 Å².